The number of aromatic nitrogens is 1. The zero-order chi connectivity index (χ0) is 20.6. The fourth-order valence-electron chi connectivity index (χ4n) is 3.40. The maximum Gasteiger partial charge on any atom is 0.251 e. The molecule has 1 amide bonds. The molecule has 29 heavy (non-hydrogen) atoms. The molecule has 4 heteroatoms. The number of rotatable bonds is 8. The van der Waals surface area contributed by atoms with Gasteiger partial charge in [0.1, 0.15) is 5.75 Å². The molecule has 0 saturated carbocycles. The quantitative estimate of drug-likeness (QED) is 0.607. The molecular formula is C25H28N2O2. The molecule has 0 radical (unpaired) electrons. The molecule has 3 aromatic rings. The van der Waals surface area contributed by atoms with Gasteiger partial charge in [-0.1, -0.05) is 31.2 Å². The van der Waals surface area contributed by atoms with Crippen LogP contribution < -0.4 is 10.1 Å². The topological polar surface area (TPSA) is 51.2 Å². The van der Waals surface area contributed by atoms with E-state index in [1.807, 2.05) is 50.4 Å². The van der Waals surface area contributed by atoms with Gasteiger partial charge >= 0.3 is 0 Å². The van der Waals surface area contributed by atoms with Crippen molar-refractivity contribution in [2.24, 2.45) is 0 Å². The van der Waals surface area contributed by atoms with E-state index in [4.69, 9.17) is 4.74 Å². The predicted octanol–water partition coefficient (Wildman–Crippen LogP) is 4.72. The molecule has 0 spiro atoms. The van der Waals surface area contributed by atoms with Gasteiger partial charge in [0.05, 0.1) is 7.11 Å². The van der Waals surface area contributed by atoms with E-state index < -0.39 is 0 Å². The van der Waals surface area contributed by atoms with E-state index >= 15 is 0 Å². The van der Waals surface area contributed by atoms with Gasteiger partial charge in [-0.3, -0.25) is 9.78 Å². The van der Waals surface area contributed by atoms with Crippen LogP contribution in [0.5, 0.6) is 5.75 Å². The molecule has 0 bridgehead atoms. The molecule has 2 aromatic carbocycles. The third kappa shape index (κ3) is 5.44. The second-order valence-corrected chi connectivity index (χ2v) is 7.21. The number of amides is 1. The molecule has 150 valence electrons. The number of pyridine rings is 1. The number of ether oxygens (including phenoxy) is 1. The molecular weight excluding hydrogens is 360 g/mol. The van der Waals surface area contributed by atoms with Crippen molar-refractivity contribution in [3.05, 3.63) is 94.3 Å². The summed E-state index contributed by atoms with van der Waals surface area (Å²) in [5.41, 5.74) is 6.29. The van der Waals surface area contributed by atoms with Crippen molar-refractivity contribution in [3.8, 4) is 5.75 Å². The summed E-state index contributed by atoms with van der Waals surface area (Å²) in [7, 11) is 1.68. The monoisotopic (exact) mass is 388 g/mol. The molecule has 1 N–H and O–H groups in total. The van der Waals surface area contributed by atoms with Gasteiger partial charge in [-0.2, -0.15) is 0 Å². The normalized spacial score (nSPS) is 10.6. The number of benzene rings is 2. The van der Waals surface area contributed by atoms with E-state index in [1.54, 1.807) is 7.11 Å². The molecule has 0 fully saturated rings. The molecule has 0 unspecified atom stereocenters. The van der Waals surface area contributed by atoms with E-state index in [9.17, 15) is 4.79 Å². The van der Waals surface area contributed by atoms with Gasteiger partial charge in [-0.15, -0.1) is 0 Å². The highest BCUT2D eigenvalue weighted by molar-refractivity contribution is 5.95. The lowest BCUT2D eigenvalue weighted by molar-refractivity contribution is 0.0953. The van der Waals surface area contributed by atoms with Crippen molar-refractivity contribution in [2.45, 2.75) is 33.1 Å². The Hall–Kier alpha value is -3.14. The summed E-state index contributed by atoms with van der Waals surface area (Å²) in [5, 5.41) is 2.96. The zero-order valence-electron chi connectivity index (χ0n) is 17.4. The number of carbonyl (C=O) groups excluding carboxylic acids is 1. The molecule has 0 aliphatic heterocycles. The van der Waals surface area contributed by atoms with Crippen LogP contribution in [-0.2, 0) is 12.8 Å². The summed E-state index contributed by atoms with van der Waals surface area (Å²) >= 11 is 0. The summed E-state index contributed by atoms with van der Waals surface area (Å²) in [4.78, 5) is 17.0. The van der Waals surface area contributed by atoms with Crippen LogP contribution in [0.25, 0.3) is 0 Å². The first kappa shape index (κ1) is 20.6. The predicted molar refractivity (Wildman–Crippen MR) is 117 cm³/mol. The Labute approximate surface area is 173 Å². The third-order valence-corrected chi connectivity index (χ3v) is 5.02. The average molecular weight is 389 g/mol. The number of hydrogen-bond acceptors (Lipinski definition) is 3. The Morgan fingerprint density at radius 3 is 2.62 bits per heavy atom. The Kier molecular flexibility index (Phi) is 7.01. The molecule has 0 atom stereocenters. The van der Waals surface area contributed by atoms with Crippen LogP contribution in [0.1, 0.15) is 51.7 Å². The maximum atomic E-state index is 12.4. The minimum absolute atomic E-state index is 0.00839. The Bertz CT molecular complexity index is 982. The lowest BCUT2D eigenvalue weighted by Gasteiger charge is -2.12. The Morgan fingerprint density at radius 2 is 1.83 bits per heavy atom. The van der Waals surface area contributed by atoms with E-state index in [1.165, 1.54) is 11.1 Å². The number of nitrogens with one attached hydrogen (secondary N) is 1. The first-order chi connectivity index (χ1) is 14.1. The Morgan fingerprint density at radius 1 is 1.03 bits per heavy atom. The van der Waals surface area contributed by atoms with Crippen molar-refractivity contribution in [3.63, 3.8) is 0 Å². The van der Waals surface area contributed by atoms with Gasteiger partial charge in [0.2, 0.25) is 0 Å². The number of hydrogen-bond donors (Lipinski definition) is 1. The smallest absolute Gasteiger partial charge is 0.251 e. The minimum atomic E-state index is -0.00839. The van der Waals surface area contributed by atoms with Crippen LogP contribution in [0.2, 0.25) is 0 Å². The highest BCUT2D eigenvalue weighted by Gasteiger charge is 2.12. The van der Waals surface area contributed by atoms with E-state index in [-0.39, 0.29) is 5.91 Å². The second-order valence-electron chi connectivity index (χ2n) is 7.21. The van der Waals surface area contributed by atoms with Crippen LogP contribution >= 0.6 is 0 Å². The van der Waals surface area contributed by atoms with Gasteiger partial charge in [0, 0.05) is 30.4 Å². The lowest BCUT2D eigenvalue weighted by atomic mass is 9.97. The molecule has 4 nitrogen and oxygen atoms in total. The SMILES string of the molecule is CCCNC(=O)c1cccc(Cc2cc(Cc3cccc(OC)c3)ccn2)c1C. The summed E-state index contributed by atoms with van der Waals surface area (Å²) < 4.78 is 5.32. The molecule has 0 aliphatic carbocycles. The molecule has 0 saturated heterocycles. The number of nitrogens with zero attached hydrogens (tertiary/aromatic N) is 1. The summed E-state index contributed by atoms with van der Waals surface area (Å²) in [6, 6.07) is 18.2. The molecule has 0 aliphatic rings. The van der Waals surface area contributed by atoms with Gasteiger partial charge < -0.3 is 10.1 Å². The van der Waals surface area contributed by atoms with E-state index in [2.05, 4.69) is 34.6 Å². The van der Waals surface area contributed by atoms with E-state index in [0.29, 0.717) is 13.0 Å². The molecule has 1 heterocycles. The maximum absolute atomic E-state index is 12.4. The van der Waals surface area contributed by atoms with Crippen LogP contribution in [0.3, 0.4) is 0 Å². The second kappa shape index (κ2) is 9.87. The van der Waals surface area contributed by atoms with Crippen molar-refractivity contribution < 1.29 is 9.53 Å². The van der Waals surface area contributed by atoms with Crippen LogP contribution in [0.15, 0.2) is 60.8 Å². The first-order valence-electron chi connectivity index (χ1n) is 10.0. The zero-order valence-corrected chi connectivity index (χ0v) is 17.4. The fraction of sp³-hybridized carbons (Fsp3) is 0.280. The largest absolute Gasteiger partial charge is 0.497 e. The van der Waals surface area contributed by atoms with Crippen LogP contribution in [0.4, 0.5) is 0 Å². The first-order valence-corrected chi connectivity index (χ1v) is 10.0. The number of methoxy groups -OCH3 is 1. The van der Waals surface area contributed by atoms with Crippen molar-refractivity contribution in [1.29, 1.82) is 0 Å². The van der Waals surface area contributed by atoms with Gasteiger partial charge in [0.25, 0.3) is 5.91 Å². The van der Waals surface area contributed by atoms with Crippen molar-refractivity contribution >= 4 is 5.91 Å². The highest BCUT2D eigenvalue weighted by Crippen LogP contribution is 2.20. The van der Waals surface area contributed by atoms with Crippen LogP contribution in [-0.4, -0.2) is 24.5 Å². The summed E-state index contributed by atoms with van der Waals surface area (Å²) in [6.45, 7) is 4.75. The van der Waals surface area contributed by atoms with Crippen molar-refractivity contribution in [2.75, 3.05) is 13.7 Å². The summed E-state index contributed by atoms with van der Waals surface area (Å²) in [6.07, 6.45) is 4.31. The average Bonchev–Trinajstić information content (AvgIpc) is 2.74. The van der Waals surface area contributed by atoms with Gasteiger partial charge in [0.15, 0.2) is 0 Å². The standard InChI is InChI=1S/C25H28N2O2/c1-4-12-27-25(28)24-10-6-8-21(18(24)2)17-22-15-20(11-13-26-22)14-19-7-5-9-23(16-19)29-3/h5-11,13,15-16H,4,12,14,17H2,1-3H3,(H,27,28). The fourth-order valence-corrected chi connectivity index (χ4v) is 3.40. The lowest BCUT2D eigenvalue weighted by Crippen LogP contribution is -2.25. The third-order valence-electron chi connectivity index (χ3n) is 5.02. The van der Waals surface area contributed by atoms with Crippen LogP contribution in [0, 0.1) is 6.92 Å². The van der Waals surface area contributed by atoms with Crippen molar-refractivity contribution in [1.82, 2.24) is 10.3 Å². The highest BCUT2D eigenvalue weighted by atomic mass is 16.5. The summed E-state index contributed by atoms with van der Waals surface area (Å²) in [5.74, 6) is 0.858. The molecule has 1 aromatic heterocycles. The van der Waals surface area contributed by atoms with Gasteiger partial charge in [-0.05, 0) is 72.4 Å². The van der Waals surface area contributed by atoms with Gasteiger partial charge in [-0.25, -0.2) is 0 Å². The Balaban J connectivity index is 1.77. The minimum Gasteiger partial charge on any atom is -0.497 e. The molecule has 3 rings (SSSR count). The van der Waals surface area contributed by atoms with E-state index in [0.717, 1.165) is 41.0 Å². The number of carbonyl (C=O) groups is 1.